The van der Waals surface area contributed by atoms with Gasteiger partial charge in [0.1, 0.15) is 11.2 Å². The zero-order valence-electron chi connectivity index (χ0n) is 14.6. The van der Waals surface area contributed by atoms with Crippen molar-refractivity contribution >= 4 is 11.6 Å². The zero-order chi connectivity index (χ0) is 17.6. The Kier molecular flexibility index (Phi) is 4.09. The van der Waals surface area contributed by atoms with Crippen molar-refractivity contribution in [3.8, 4) is 0 Å². The second-order valence-corrected chi connectivity index (χ2v) is 8.18. The van der Waals surface area contributed by atoms with Gasteiger partial charge in [-0.25, -0.2) is 0 Å². The molecule has 2 saturated carbocycles. The van der Waals surface area contributed by atoms with E-state index in [1.54, 1.807) is 0 Å². The quantitative estimate of drug-likeness (QED) is 0.691. The van der Waals surface area contributed by atoms with E-state index in [9.17, 15) is 0 Å². The molecule has 3 fully saturated rings. The maximum atomic E-state index is 6.59. The van der Waals surface area contributed by atoms with Crippen LogP contribution in [-0.4, -0.2) is 23.4 Å². The van der Waals surface area contributed by atoms with Crippen molar-refractivity contribution in [2.75, 3.05) is 0 Å². The van der Waals surface area contributed by atoms with E-state index in [2.05, 4.69) is 24.3 Å². The Hall–Kier alpha value is -1.39. The van der Waals surface area contributed by atoms with Crippen molar-refractivity contribution in [2.24, 2.45) is 5.41 Å². The van der Waals surface area contributed by atoms with E-state index in [1.165, 1.54) is 11.1 Å². The molecule has 0 amide bonds. The fourth-order valence-electron chi connectivity index (χ4n) is 4.27. The maximum absolute atomic E-state index is 6.59. The number of alkyl halides is 1. The molecule has 0 aromatic heterocycles. The fraction of sp³-hybridized carbons (Fsp3) is 0.455. The van der Waals surface area contributed by atoms with E-state index in [1.807, 2.05) is 36.4 Å². The first-order valence-corrected chi connectivity index (χ1v) is 9.80. The lowest BCUT2D eigenvalue weighted by atomic mass is 9.96. The lowest BCUT2D eigenvalue weighted by molar-refractivity contribution is -0.0764. The molecule has 3 aliphatic rings. The molecule has 1 saturated heterocycles. The van der Waals surface area contributed by atoms with Crippen LogP contribution in [0.2, 0.25) is 0 Å². The summed E-state index contributed by atoms with van der Waals surface area (Å²) in [6.45, 7) is 1.19. The van der Waals surface area contributed by atoms with Crippen LogP contribution in [0.15, 0.2) is 60.7 Å². The topological polar surface area (TPSA) is 27.7 Å². The molecule has 4 heteroatoms. The van der Waals surface area contributed by atoms with Crippen molar-refractivity contribution in [3.63, 3.8) is 0 Å². The third-order valence-electron chi connectivity index (χ3n) is 6.01. The van der Waals surface area contributed by atoms with Gasteiger partial charge in [0.15, 0.2) is 0 Å². The number of hydrogen-bond acceptors (Lipinski definition) is 3. The highest BCUT2D eigenvalue weighted by Gasteiger charge is 2.78. The van der Waals surface area contributed by atoms with E-state index in [0.29, 0.717) is 13.2 Å². The first-order chi connectivity index (χ1) is 12.7. The number of ether oxygens (including phenoxy) is 3. The van der Waals surface area contributed by atoms with Crippen molar-refractivity contribution < 1.29 is 14.2 Å². The minimum Gasteiger partial charge on any atom is -0.370 e. The van der Waals surface area contributed by atoms with Gasteiger partial charge >= 0.3 is 0 Å². The monoisotopic (exact) mass is 370 g/mol. The molecule has 136 valence electrons. The summed E-state index contributed by atoms with van der Waals surface area (Å²) in [5.74, 6) is 0. The minimum absolute atomic E-state index is 0.0125. The van der Waals surface area contributed by atoms with E-state index in [0.717, 1.165) is 19.3 Å². The molecule has 2 spiro atoms. The lowest BCUT2D eigenvalue weighted by Gasteiger charge is -2.24. The Balaban J connectivity index is 1.28. The highest BCUT2D eigenvalue weighted by Crippen LogP contribution is 2.69. The molecule has 0 N–H and O–H groups in total. The molecule has 2 unspecified atom stereocenters. The Morgan fingerprint density at radius 2 is 1.46 bits per heavy atom. The first-order valence-electron chi connectivity index (χ1n) is 9.36. The average molecular weight is 371 g/mol. The van der Waals surface area contributed by atoms with Crippen LogP contribution in [-0.2, 0) is 27.4 Å². The number of benzene rings is 2. The Labute approximate surface area is 159 Å². The highest BCUT2D eigenvalue weighted by molar-refractivity contribution is 6.20. The number of rotatable bonds is 6. The number of halogens is 1. The Morgan fingerprint density at radius 1 is 0.885 bits per heavy atom. The Morgan fingerprint density at radius 3 is 2.04 bits per heavy atom. The third-order valence-corrected chi connectivity index (χ3v) is 6.53. The number of hydrogen-bond donors (Lipinski definition) is 0. The van der Waals surface area contributed by atoms with Crippen LogP contribution >= 0.6 is 11.6 Å². The second-order valence-electron chi connectivity index (χ2n) is 7.79. The average Bonchev–Trinajstić information content (AvgIpc) is 3.57. The molecule has 3 nitrogen and oxygen atoms in total. The van der Waals surface area contributed by atoms with Gasteiger partial charge in [0.2, 0.25) is 0 Å². The molecular formula is C22H23ClO3. The molecule has 1 heterocycles. The largest absolute Gasteiger partial charge is 0.370 e. The molecule has 2 aromatic carbocycles. The molecule has 4 atom stereocenters. The van der Waals surface area contributed by atoms with E-state index >= 15 is 0 Å². The molecule has 1 aliphatic heterocycles. The summed E-state index contributed by atoms with van der Waals surface area (Å²) < 4.78 is 18.8. The van der Waals surface area contributed by atoms with Gasteiger partial charge in [0.25, 0.3) is 0 Å². The van der Waals surface area contributed by atoms with E-state index < -0.39 is 0 Å². The van der Waals surface area contributed by atoms with Crippen molar-refractivity contribution in [1.29, 1.82) is 0 Å². The van der Waals surface area contributed by atoms with Gasteiger partial charge in [-0.05, 0) is 24.0 Å². The molecule has 2 aliphatic carbocycles. The summed E-state index contributed by atoms with van der Waals surface area (Å²) in [4.78, 5) is 0. The summed E-state index contributed by atoms with van der Waals surface area (Å²) in [6.07, 6.45) is 3.09. The first kappa shape index (κ1) is 16.8. The lowest BCUT2D eigenvalue weighted by Crippen LogP contribution is -2.36. The van der Waals surface area contributed by atoms with Gasteiger partial charge in [-0.3, -0.25) is 0 Å². The zero-order valence-corrected chi connectivity index (χ0v) is 15.4. The van der Waals surface area contributed by atoms with Crippen LogP contribution < -0.4 is 0 Å². The summed E-state index contributed by atoms with van der Waals surface area (Å²) in [5, 5.41) is 0. The molecule has 5 rings (SSSR count). The van der Waals surface area contributed by atoms with Gasteiger partial charge in [-0.15, -0.1) is 0 Å². The van der Waals surface area contributed by atoms with Gasteiger partial charge in [-0.2, -0.15) is 0 Å². The summed E-state index contributed by atoms with van der Waals surface area (Å²) >= 11 is 6.59. The predicted octanol–water partition coefficient (Wildman–Crippen LogP) is 4.68. The van der Waals surface area contributed by atoms with Crippen LogP contribution in [0.25, 0.3) is 0 Å². The molecule has 2 aromatic rings. The van der Waals surface area contributed by atoms with Crippen molar-refractivity contribution in [2.45, 2.75) is 55.8 Å². The standard InChI is InChI=1S/C22H23ClO3/c23-20-21(11-12-21)19(25-15-17-9-5-2-6-10-17)22(26-20)13-18(22)24-14-16-7-3-1-4-8-16/h1-10,18-20H,11-15H2/t18?,19-,20-,22?/m0/s1. The summed E-state index contributed by atoms with van der Waals surface area (Å²) in [6, 6.07) is 20.5. The third kappa shape index (κ3) is 2.78. The normalized spacial score (nSPS) is 33.7. The van der Waals surface area contributed by atoms with Crippen LogP contribution in [0.1, 0.15) is 30.4 Å². The van der Waals surface area contributed by atoms with Crippen LogP contribution in [0, 0.1) is 5.41 Å². The SMILES string of the molecule is Cl[C@H]1OC2(CC2OCc2ccccc2)[C@@H](OCc2ccccc2)C12CC2. The highest BCUT2D eigenvalue weighted by atomic mass is 35.5. The molecule has 26 heavy (non-hydrogen) atoms. The maximum Gasteiger partial charge on any atom is 0.140 e. The molecule has 0 radical (unpaired) electrons. The van der Waals surface area contributed by atoms with Gasteiger partial charge in [0, 0.05) is 11.8 Å². The smallest absolute Gasteiger partial charge is 0.140 e. The predicted molar refractivity (Wildman–Crippen MR) is 99.8 cm³/mol. The summed E-state index contributed by atoms with van der Waals surface area (Å²) in [7, 11) is 0. The van der Waals surface area contributed by atoms with Gasteiger partial charge in [0.05, 0.1) is 25.4 Å². The van der Waals surface area contributed by atoms with Crippen molar-refractivity contribution in [3.05, 3.63) is 71.8 Å². The van der Waals surface area contributed by atoms with E-state index in [-0.39, 0.29) is 28.8 Å². The van der Waals surface area contributed by atoms with Crippen molar-refractivity contribution in [1.82, 2.24) is 0 Å². The Bertz CT molecular complexity index is 761. The minimum atomic E-state index is -0.369. The second kappa shape index (κ2) is 6.35. The summed E-state index contributed by atoms with van der Waals surface area (Å²) in [5.41, 5.74) is 1.69. The van der Waals surface area contributed by atoms with Gasteiger partial charge < -0.3 is 14.2 Å². The fourth-order valence-corrected chi connectivity index (χ4v) is 4.77. The van der Waals surface area contributed by atoms with Gasteiger partial charge in [-0.1, -0.05) is 72.3 Å². The van der Waals surface area contributed by atoms with Crippen LogP contribution in [0.3, 0.4) is 0 Å². The molecule has 0 bridgehead atoms. The van der Waals surface area contributed by atoms with Crippen LogP contribution in [0.5, 0.6) is 0 Å². The van der Waals surface area contributed by atoms with E-state index in [4.69, 9.17) is 25.8 Å². The van der Waals surface area contributed by atoms with Crippen LogP contribution in [0.4, 0.5) is 0 Å². The molecular weight excluding hydrogens is 348 g/mol.